The normalized spacial score (nSPS) is 15.9. The predicted molar refractivity (Wildman–Crippen MR) is 124 cm³/mol. The Morgan fingerprint density at radius 1 is 0.968 bits per heavy atom. The van der Waals surface area contributed by atoms with Crippen molar-refractivity contribution in [1.82, 2.24) is 14.1 Å². The van der Waals surface area contributed by atoms with Gasteiger partial charge in [-0.05, 0) is 56.0 Å². The fraction of sp³-hybridized carbons (Fsp3) is 0.458. The molecule has 1 amide bonds. The molecule has 2 aromatic rings. The van der Waals surface area contributed by atoms with Gasteiger partial charge in [0.05, 0.1) is 4.90 Å². The van der Waals surface area contributed by atoms with Gasteiger partial charge < -0.3 is 4.90 Å². The maximum atomic E-state index is 13.3. The summed E-state index contributed by atoms with van der Waals surface area (Å²) in [6.45, 7) is 9.64. The van der Waals surface area contributed by atoms with E-state index in [0.29, 0.717) is 24.2 Å². The molecule has 0 aromatic heterocycles. The smallest absolute Gasteiger partial charge is 0.253 e. The minimum Gasteiger partial charge on any atom is -0.337 e. The van der Waals surface area contributed by atoms with Crippen LogP contribution in [0.15, 0.2) is 41.3 Å². The number of carbonyl (C=O) groups excluding carboxylic acids is 1. The summed E-state index contributed by atoms with van der Waals surface area (Å²) in [5.74, 6) is -0.101. The molecule has 1 fully saturated rings. The van der Waals surface area contributed by atoms with E-state index in [4.69, 9.17) is 0 Å². The van der Waals surface area contributed by atoms with Crippen molar-refractivity contribution in [3.63, 3.8) is 0 Å². The minimum absolute atomic E-state index is 0.101. The molecule has 6 nitrogen and oxygen atoms in total. The van der Waals surface area contributed by atoms with Crippen LogP contribution in [-0.4, -0.2) is 68.7 Å². The maximum Gasteiger partial charge on any atom is 0.253 e. The molecule has 31 heavy (non-hydrogen) atoms. The molecular formula is C24H33N3O3S. The molecular weight excluding hydrogens is 410 g/mol. The van der Waals surface area contributed by atoms with Gasteiger partial charge in [0, 0.05) is 52.4 Å². The van der Waals surface area contributed by atoms with Crippen molar-refractivity contribution in [3.05, 3.63) is 64.2 Å². The summed E-state index contributed by atoms with van der Waals surface area (Å²) in [7, 11) is -0.596. The quantitative estimate of drug-likeness (QED) is 0.712. The molecule has 0 atom stereocenters. The molecule has 1 heterocycles. The maximum absolute atomic E-state index is 13.3. The van der Waals surface area contributed by atoms with Gasteiger partial charge in [-0.2, -0.15) is 0 Å². The lowest BCUT2D eigenvalue weighted by Crippen LogP contribution is -2.35. The van der Waals surface area contributed by atoms with E-state index in [9.17, 15) is 13.2 Å². The molecule has 168 valence electrons. The summed E-state index contributed by atoms with van der Waals surface area (Å²) < 4.78 is 26.7. The summed E-state index contributed by atoms with van der Waals surface area (Å²) in [5, 5.41) is 0. The van der Waals surface area contributed by atoms with Crippen LogP contribution in [0.1, 0.15) is 39.0 Å². The highest BCUT2D eigenvalue weighted by molar-refractivity contribution is 7.89. The van der Waals surface area contributed by atoms with E-state index < -0.39 is 10.0 Å². The summed E-state index contributed by atoms with van der Waals surface area (Å²) in [6, 6.07) is 11.9. The third kappa shape index (κ3) is 5.34. The standard InChI is InChI=1S/C24H33N3O3S/c1-18-7-9-21(10-8-18)17-26-11-6-12-27(14-13-26)24(28)22-15-19(2)20(3)23(16-22)31(29,30)25(4)5/h7-10,15-16H,6,11-14,17H2,1-5H3. The van der Waals surface area contributed by atoms with E-state index in [2.05, 4.69) is 36.1 Å². The monoisotopic (exact) mass is 443 g/mol. The first-order chi connectivity index (χ1) is 14.6. The van der Waals surface area contributed by atoms with Gasteiger partial charge >= 0.3 is 0 Å². The second kappa shape index (κ2) is 9.51. The van der Waals surface area contributed by atoms with Gasteiger partial charge in [-0.3, -0.25) is 9.69 Å². The Hall–Kier alpha value is -2.22. The van der Waals surface area contributed by atoms with Gasteiger partial charge in [-0.15, -0.1) is 0 Å². The largest absolute Gasteiger partial charge is 0.337 e. The van der Waals surface area contributed by atoms with E-state index in [-0.39, 0.29) is 10.8 Å². The molecule has 1 aliphatic rings. The summed E-state index contributed by atoms with van der Waals surface area (Å²) >= 11 is 0. The fourth-order valence-electron chi connectivity index (χ4n) is 3.88. The van der Waals surface area contributed by atoms with Gasteiger partial charge in [0.1, 0.15) is 0 Å². The molecule has 0 aliphatic carbocycles. The van der Waals surface area contributed by atoms with Gasteiger partial charge in [-0.1, -0.05) is 29.8 Å². The highest BCUT2D eigenvalue weighted by atomic mass is 32.2. The van der Waals surface area contributed by atoms with Crippen molar-refractivity contribution in [2.75, 3.05) is 40.3 Å². The average Bonchev–Trinajstić information content (AvgIpc) is 2.96. The zero-order valence-electron chi connectivity index (χ0n) is 19.2. The second-order valence-corrected chi connectivity index (χ2v) is 10.7. The van der Waals surface area contributed by atoms with Crippen LogP contribution in [0, 0.1) is 20.8 Å². The Kier molecular flexibility index (Phi) is 7.19. The number of carbonyl (C=O) groups is 1. The van der Waals surface area contributed by atoms with E-state index in [1.54, 1.807) is 13.0 Å². The van der Waals surface area contributed by atoms with Crippen LogP contribution in [0.3, 0.4) is 0 Å². The van der Waals surface area contributed by atoms with Crippen LogP contribution in [0.4, 0.5) is 0 Å². The lowest BCUT2D eigenvalue weighted by Gasteiger charge is -2.23. The molecule has 0 unspecified atom stereocenters. The molecule has 1 aliphatic heterocycles. The molecule has 3 rings (SSSR count). The zero-order chi connectivity index (χ0) is 22.8. The Morgan fingerprint density at radius 2 is 1.65 bits per heavy atom. The second-order valence-electron chi connectivity index (χ2n) is 8.61. The van der Waals surface area contributed by atoms with Crippen LogP contribution in [-0.2, 0) is 16.6 Å². The highest BCUT2D eigenvalue weighted by Gasteiger charge is 2.26. The minimum atomic E-state index is -3.62. The Balaban J connectivity index is 1.76. The van der Waals surface area contributed by atoms with Crippen LogP contribution in [0.2, 0.25) is 0 Å². The number of benzene rings is 2. The van der Waals surface area contributed by atoms with Gasteiger partial charge in [0.15, 0.2) is 0 Å². The first-order valence-electron chi connectivity index (χ1n) is 10.7. The topological polar surface area (TPSA) is 60.9 Å². The summed E-state index contributed by atoms with van der Waals surface area (Å²) in [4.78, 5) is 17.7. The first-order valence-corrected chi connectivity index (χ1v) is 12.1. The Morgan fingerprint density at radius 3 is 2.29 bits per heavy atom. The van der Waals surface area contributed by atoms with Crippen molar-refractivity contribution in [2.24, 2.45) is 0 Å². The van der Waals surface area contributed by atoms with Crippen molar-refractivity contribution >= 4 is 15.9 Å². The number of sulfonamides is 1. The number of amides is 1. The molecule has 0 N–H and O–H groups in total. The number of hydrogen-bond acceptors (Lipinski definition) is 4. The Bertz CT molecular complexity index is 1050. The molecule has 0 saturated carbocycles. The van der Waals surface area contributed by atoms with E-state index in [1.807, 2.05) is 11.8 Å². The van der Waals surface area contributed by atoms with Gasteiger partial charge in [-0.25, -0.2) is 12.7 Å². The number of aryl methyl sites for hydroxylation is 2. The van der Waals surface area contributed by atoms with E-state index >= 15 is 0 Å². The van der Waals surface area contributed by atoms with Crippen molar-refractivity contribution in [2.45, 2.75) is 38.6 Å². The molecule has 7 heteroatoms. The number of hydrogen-bond donors (Lipinski definition) is 0. The Labute approximate surface area is 186 Å². The first kappa shape index (κ1) is 23.4. The van der Waals surface area contributed by atoms with Crippen LogP contribution in [0.5, 0.6) is 0 Å². The van der Waals surface area contributed by atoms with Crippen molar-refractivity contribution in [3.8, 4) is 0 Å². The number of nitrogens with zero attached hydrogens (tertiary/aromatic N) is 3. The predicted octanol–water partition coefficient (Wildman–Crippen LogP) is 3.21. The molecule has 0 radical (unpaired) electrons. The summed E-state index contributed by atoms with van der Waals surface area (Å²) in [6.07, 6.45) is 0.894. The molecule has 0 spiro atoms. The van der Waals surface area contributed by atoms with Gasteiger partial charge in [0.25, 0.3) is 5.91 Å². The third-order valence-electron chi connectivity index (χ3n) is 6.03. The highest BCUT2D eigenvalue weighted by Crippen LogP contribution is 2.24. The lowest BCUT2D eigenvalue weighted by molar-refractivity contribution is 0.0760. The number of rotatable bonds is 5. The SMILES string of the molecule is Cc1ccc(CN2CCCN(C(=O)c3cc(C)c(C)c(S(=O)(=O)N(C)C)c3)CC2)cc1. The van der Waals surface area contributed by atoms with E-state index in [1.165, 1.54) is 35.6 Å². The fourth-order valence-corrected chi connectivity index (χ4v) is 5.10. The van der Waals surface area contributed by atoms with Crippen LogP contribution in [0.25, 0.3) is 0 Å². The average molecular weight is 444 g/mol. The van der Waals surface area contributed by atoms with Crippen LogP contribution < -0.4 is 0 Å². The van der Waals surface area contributed by atoms with Crippen molar-refractivity contribution < 1.29 is 13.2 Å². The lowest BCUT2D eigenvalue weighted by atomic mass is 10.1. The zero-order valence-corrected chi connectivity index (χ0v) is 20.0. The molecule has 0 bridgehead atoms. The molecule has 1 saturated heterocycles. The van der Waals surface area contributed by atoms with Crippen LogP contribution >= 0.6 is 0 Å². The van der Waals surface area contributed by atoms with E-state index in [0.717, 1.165) is 31.6 Å². The summed E-state index contributed by atoms with van der Waals surface area (Å²) in [5.41, 5.74) is 4.46. The third-order valence-corrected chi connectivity index (χ3v) is 7.97. The van der Waals surface area contributed by atoms with Gasteiger partial charge in [0.2, 0.25) is 10.0 Å². The van der Waals surface area contributed by atoms with Crippen molar-refractivity contribution in [1.29, 1.82) is 0 Å². The molecule has 2 aromatic carbocycles.